The molecule has 3 rings (SSSR count). The molecule has 0 aromatic rings. The standard InChI is InChI=1S/C13H24N2/c1-12(2,3)15-9-13(10-15)7-11(8-13)14-5-4-6-14/h11H,4-10H2,1-3H3. The zero-order chi connectivity index (χ0) is 10.7. The molecule has 3 aliphatic rings. The smallest absolute Gasteiger partial charge is 0.0125 e. The van der Waals surface area contributed by atoms with Gasteiger partial charge in [0.25, 0.3) is 0 Å². The molecule has 3 fully saturated rings. The van der Waals surface area contributed by atoms with Crippen LogP contribution in [0.25, 0.3) is 0 Å². The van der Waals surface area contributed by atoms with Crippen molar-refractivity contribution in [1.29, 1.82) is 0 Å². The number of hydrogen-bond acceptors (Lipinski definition) is 2. The van der Waals surface area contributed by atoms with Gasteiger partial charge in [-0.05, 0) is 58.5 Å². The minimum atomic E-state index is 0.396. The minimum Gasteiger partial charge on any atom is -0.300 e. The van der Waals surface area contributed by atoms with E-state index in [1.54, 1.807) is 0 Å². The van der Waals surface area contributed by atoms with Crippen LogP contribution < -0.4 is 0 Å². The van der Waals surface area contributed by atoms with Gasteiger partial charge in [0.1, 0.15) is 0 Å². The lowest BCUT2D eigenvalue weighted by atomic mass is 9.59. The van der Waals surface area contributed by atoms with Crippen LogP contribution in [0.15, 0.2) is 0 Å². The van der Waals surface area contributed by atoms with Gasteiger partial charge in [-0.3, -0.25) is 4.90 Å². The fourth-order valence-corrected chi connectivity index (χ4v) is 3.40. The fourth-order valence-electron chi connectivity index (χ4n) is 3.40. The molecule has 15 heavy (non-hydrogen) atoms. The van der Waals surface area contributed by atoms with Crippen molar-refractivity contribution in [2.45, 2.75) is 51.6 Å². The second kappa shape index (κ2) is 2.98. The SMILES string of the molecule is CC(C)(C)N1CC2(CC(N3CCC3)C2)C1. The summed E-state index contributed by atoms with van der Waals surface area (Å²) < 4.78 is 0. The third-order valence-corrected chi connectivity index (χ3v) is 4.75. The molecule has 2 saturated heterocycles. The summed E-state index contributed by atoms with van der Waals surface area (Å²) in [4.78, 5) is 5.32. The summed E-state index contributed by atoms with van der Waals surface area (Å²) in [7, 11) is 0. The maximum absolute atomic E-state index is 2.69. The van der Waals surface area contributed by atoms with Crippen LogP contribution in [-0.2, 0) is 0 Å². The predicted octanol–water partition coefficient (Wildman–Crippen LogP) is 1.96. The molecule has 0 aromatic heterocycles. The lowest BCUT2D eigenvalue weighted by Crippen LogP contribution is -2.70. The molecule has 0 atom stereocenters. The van der Waals surface area contributed by atoms with Gasteiger partial charge in [-0.25, -0.2) is 0 Å². The Morgan fingerprint density at radius 2 is 1.67 bits per heavy atom. The minimum absolute atomic E-state index is 0.396. The maximum atomic E-state index is 2.69. The Morgan fingerprint density at radius 1 is 1.07 bits per heavy atom. The number of nitrogens with zero attached hydrogens (tertiary/aromatic N) is 2. The Bertz CT molecular complexity index is 248. The number of rotatable bonds is 1. The van der Waals surface area contributed by atoms with Gasteiger partial charge >= 0.3 is 0 Å². The van der Waals surface area contributed by atoms with E-state index in [0.29, 0.717) is 5.54 Å². The third-order valence-electron chi connectivity index (χ3n) is 4.75. The molecular weight excluding hydrogens is 184 g/mol. The summed E-state index contributed by atoms with van der Waals surface area (Å²) in [6.07, 6.45) is 4.41. The van der Waals surface area contributed by atoms with Crippen molar-refractivity contribution in [2.75, 3.05) is 26.2 Å². The highest BCUT2D eigenvalue weighted by Crippen LogP contribution is 2.52. The largest absolute Gasteiger partial charge is 0.300 e. The second-order valence-electron chi connectivity index (χ2n) is 6.98. The van der Waals surface area contributed by atoms with Crippen LogP contribution in [0.2, 0.25) is 0 Å². The van der Waals surface area contributed by atoms with Crippen molar-refractivity contribution in [2.24, 2.45) is 5.41 Å². The normalized spacial score (nSPS) is 32.2. The molecule has 1 saturated carbocycles. The van der Waals surface area contributed by atoms with E-state index in [1.807, 2.05) is 0 Å². The van der Waals surface area contributed by atoms with Gasteiger partial charge in [0.05, 0.1) is 0 Å². The van der Waals surface area contributed by atoms with Crippen molar-refractivity contribution >= 4 is 0 Å². The van der Waals surface area contributed by atoms with E-state index in [2.05, 4.69) is 30.6 Å². The molecule has 2 aliphatic heterocycles. The molecule has 0 bridgehead atoms. The van der Waals surface area contributed by atoms with E-state index in [0.717, 1.165) is 11.5 Å². The summed E-state index contributed by atoms with van der Waals surface area (Å²) in [5.41, 5.74) is 1.14. The lowest BCUT2D eigenvalue weighted by molar-refractivity contribution is -0.147. The maximum Gasteiger partial charge on any atom is 0.0125 e. The first kappa shape index (κ1) is 10.1. The predicted molar refractivity (Wildman–Crippen MR) is 63.0 cm³/mol. The molecule has 0 radical (unpaired) electrons. The zero-order valence-corrected chi connectivity index (χ0v) is 10.4. The topological polar surface area (TPSA) is 6.48 Å². The van der Waals surface area contributed by atoms with E-state index >= 15 is 0 Å². The molecule has 1 aliphatic carbocycles. The quantitative estimate of drug-likeness (QED) is 0.650. The molecule has 0 aromatic carbocycles. The highest BCUT2D eigenvalue weighted by Gasteiger charge is 2.55. The van der Waals surface area contributed by atoms with Crippen molar-refractivity contribution in [3.8, 4) is 0 Å². The Labute approximate surface area is 93.6 Å². The first-order valence-electron chi connectivity index (χ1n) is 6.48. The van der Waals surface area contributed by atoms with E-state index in [4.69, 9.17) is 0 Å². The first-order valence-corrected chi connectivity index (χ1v) is 6.48. The Kier molecular flexibility index (Phi) is 2.01. The van der Waals surface area contributed by atoms with Crippen molar-refractivity contribution in [1.82, 2.24) is 9.80 Å². The Balaban J connectivity index is 1.48. The summed E-state index contributed by atoms with van der Waals surface area (Å²) in [6, 6.07) is 0.959. The van der Waals surface area contributed by atoms with Gasteiger partial charge in [-0.15, -0.1) is 0 Å². The van der Waals surface area contributed by atoms with E-state index in [-0.39, 0.29) is 0 Å². The molecular formula is C13H24N2. The highest BCUT2D eigenvalue weighted by atomic mass is 15.3. The van der Waals surface area contributed by atoms with Gasteiger partial charge in [-0.2, -0.15) is 0 Å². The van der Waals surface area contributed by atoms with Crippen LogP contribution in [-0.4, -0.2) is 47.6 Å². The first-order chi connectivity index (χ1) is 6.99. The molecule has 2 nitrogen and oxygen atoms in total. The van der Waals surface area contributed by atoms with Crippen molar-refractivity contribution in [3.63, 3.8) is 0 Å². The average molecular weight is 208 g/mol. The molecule has 1 spiro atoms. The summed E-state index contributed by atoms with van der Waals surface area (Å²) in [5, 5.41) is 0. The lowest BCUT2D eigenvalue weighted by Gasteiger charge is -2.65. The van der Waals surface area contributed by atoms with Crippen LogP contribution in [0.5, 0.6) is 0 Å². The molecule has 0 unspecified atom stereocenters. The van der Waals surface area contributed by atoms with Gasteiger partial charge in [0.15, 0.2) is 0 Å². The van der Waals surface area contributed by atoms with Crippen LogP contribution in [0.1, 0.15) is 40.0 Å². The summed E-state index contributed by atoms with van der Waals surface area (Å²) in [6.45, 7) is 12.5. The molecule has 2 heteroatoms. The highest BCUT2D eigenvalue weighted by molar-refractivity contribution is 5.10. The number of hydrogen-bond donors (Lipinski definition) is 0. The van der Waals surface area contributed by atoms with E-state index < -0.39 is 0 Å². The molecule has 0 N–H and O–H groups in total. The Morgan fingerprint density at radius 3 is 2.07 bits per heavy atom. The molecule has 0 amide bonds. The summed E-state index contributed by atoms with van der Waals surface area (Å²) in [5.74, 6) is 0. The molecule has 2 heterocycles. The van der Waals surface area contributed by atoms with E-state index in [1.165, 1.54) is 45.4 Å². The van der Waals surface area contributed by atoms with Crippen LogP contribution in [0.4, 0.5) is 0 Å². The second-order valence-corrected chi connectivity index (χ2v) is 6.98. The van der Waals surface area contributed by atoms with Crippen LogP contribution in [0.3, 0.4) is 0 Å². The third kappa shape index (κ3) is 1.53. The summed E-state index contributed by atoms with van der Waals surface area (Å²) >= 11 is 0. The average Bonchev–Trinajstić information content (AvgIpc) is 1.82. The molecule has 86 valence electrons. The Hall–Kier alpha value is -0.0800. The van der Waals surface area contributed by atoms with Gasteiger partial charge in [-0.1, -0.05) is 0 Å². The van der Waals surface area contributed by atoms with Gasteiger partial charge in [0, 0.05) is 24.7 Å². The van der Waals surface area contributed by atoms with Crippen molar-refractivity contribution in [3.05, 3.63) is 0 Å². The number of likely N-dealkylation sites (tertiary alicyclic amines) is 2. The van der Waals surface area contributed by atoms with Crippen molar-refractivity contribution < 1.29 is 0 Å². The van der Waals surface area contributed by atoms with E-state index in [9.17, 15) is 0 Å². The monoisotopic (exact) mass is 208 g/mol. The zero-order valence-electron chi connectivity index (χ0n) is 10.4. The van der Waals surface area contributed by atoms with Crippen LogP contribution >= 0.6 is 0 Å². The van der Waals surface area contributed by atoms with Gasteiger partial charge < -0.3 is 4.90 Å². The van der Waals surface area contributed by atoms with Crippen LogP contribution in [0, 0.1) is 5.41 Å². The van der Waals surface area contributed by atoms with Gasteiger partial charge in [0.2, 0.25) is 0 Å². The fraction of sp³-hybridized carbons (Fsp3) is 1.00.